The third-order valence-corrected chi connectivity index (χ3v) is 26.3. The van der Waals surface area contributed by atoms with E-state index in [1.54, 1.807) is 24.3 Å². The number of benzene rings is 20. The zero-order valence-corrected chi connectivity index (χ0v) is 80.8. The fourth-order valence-corrected chi connectivity index (χ4v) is 19.1. The molecular weight excluding hydrogens is 1990 g/mol. The van der Waals surface area contributed by atoms with Crippen LogP contribution in [0.1, 0.15) is 33.4 Å². The topological polar surface area (TPSA) is 121 Å². The SMILES string of the molecule is Brc1ccc(-c2ccc(Br)cc2)cc1.C.C.C.Ic1ccc2c(c1)c1ccccc1n2-c1ccccc1.N#Cc1ccc(N)cc1.[B].[C-]#[N+]c1ccc(N(c2ccc(-c3ccc(N(c4ccc(C#N)cc4)c4ccc5c(c4)c4ccccc4n5-c4ccccc4)cc3)cc2)c2ccc3c(c2)c2ccccc2n3-c2ccccc2)cc1.[C-]#[N+]c1ccc(Nc2ccc3c(c2)c2ccccc2n3-c2ccccc2)cc1. The fraction of sp³-hybridized carbons (Fsp3) is 0.0236. The summed E-state index contributed by atoms with van der Waals surface area (Å²) < 4.78 is 12.8. The number of hydrogen-bond donors (Lipinski definition) is 2. The van der Waals surface area contributed by atoms with Crippen LogP contribution in [0.5, 0.6) is 0 Å². The number of aromatic nitrogens is 4. The molecule has 24 aromatic rings. The number of fused-ring (bicyclic) bond motifs is 12. The minimum Gasteiger partial charge on any atom is -0.399 e. The van der Waals surface area contributed by atoms with Gasteiger partial charge in [-0.2, -0.15) is 10.5 Å². The number of nitrogens with two attached hydrogens (primary N) is 1. The van der Waals surface area contributed by atoms with E-state index in [2.05, 4.69) is 480 Å². The normalized spacial score (nSPS) is 10.5. The first-order valence-corrected chi connectivity index (χ1v) is 47.9. The van der Waals surface area contributed by atoms with Crippen LogP contribution in [-0.2, 0) is 0 Å². The van der Waals surface area contributed by atoms with Crippen molar-refractivity contribution in [2.24, 2.45) is 0 Å². The van der Waals surface area contributed by atoms with Gasteiger partial charge in [0.1, 0.15) is 0 Å². The third-order valence-electron chi connectivity index (χ3n) is 24.6. The molecule has 0 amide bonds. The monoisotopic (exact) mass is 2080 g/mol. The first kappa shape index (κ1) is 98.6. The number of nitrogen functional groups attached to an aromatic ring is 1. The number of anilines is 9. The van der Waals surface area contributed by atoms with Gasteiger partial charge in [-0.05, 0) is 312 Å². The van der Waals surface area contributed by atoms with Crippen molar-refractivity contribution in [3.05, 3.63) is 532 Å². The van der Waals surface area contributed by atoms with Crippen LogP contribution in [-0.4, -0.2) is 26.7 Å². The molecule has 0 aliphatic carbocycles. The van der Waals surface area contributed by atoms with Crippen molar-refractivity contribution in [3.63, 3.8) is 0 Å². The Hall–Kier alpha value is -17.5. The first-order chi connectivity index (χ1) is 68.4. The maximum atomic E-state index is 9.67. The number of nitrogens with zero attached hydrogens (tertiary/aromatic N) is 10. The van der Waals surface area contributed by atoms with Crippen LogP contribution in [0.15, 0.2) is 494 Å². The summed E-state index contributed by atoms with van der Waals surface area (Å²) >= 11 is 9.22. The summed E-state index contributed by atoms with van der Waals surface area (Å²) in [6.07, 6.45) is 0. The van der Waals surface area contributed by atoms with Crippen molar-refractivity contribution >= 4 is 213 Å². The maximum Gasteiger partial charge on any atom is 0.187 e. The van der Waals surface area contributed by atoms with Gasteiger partial charge in [0.05, 0.1) is 80.5 Å². The second-order valence-electron chi connectivity index (χ2n) is 33.1. The summed E-state index contributed by atoms with van der Waals surface area (Å²) in [7, 11) is 0. The van der Waals surface area contributed by atoms with Crippen LogP contribution in [0.25, 0.3) is 142 Å². The van der Waals surface area contributed by atoms with Crippen LogP contribution in [0.3, 0.4) is 0 Å². The molecule has 0 spiro atoms. The Balaban J connectivity index is 0.000000158. The zero-order valence-electron chi connectivity index (χ0n) is 75.4. The first-order valence-electron chi connectivity index (χ1n) is 45.2. The van der Waals surface area contributed by atoms with Crippen LogP contribution in [0.2, 0.25) is 0 Å². The van der Waals surface area contributed by atoms with Gasteiger partial charge in [-0.25, -0.2) is 9.69 Å². The highest BCUT2D eigenvalue weighted by molar-refractivity contribution is 14.1. The molecule has 3 radical (unpaired) electrons. The van der Waals surface area contributed by atoms with E-state index in [1.807, 2.05) is 91.0 Å². The van der Waals surface area contributed by atoms with E-state index in [0.29, 0.717) is 28.2 Å². The molecule has 143 heavy (non-hydrogen) atoms. The fourth-order valence-electron chi connectivity index (χ4n) is 18.1. The van der Waals surface area contributed by atoms with Crippen LogP contribution >= 0.6 is 54.5 Å². The lowest BCUT2D eigenvalue weighted by Gasteiger charge is -2.26. The quantitative estimate of drug-likeness (QED) is 0.0484. The van der Waals surface area contributed by atoms with Crippen molar-refractivity contribution in [1.29, 1.82) is 10.5 Å². The van der Waals surface area contributed by atoms with Gasteiger partial charge in [-0.1, -0.05) is 273 Å². The molecule has 3 N–H and O–H groups in total. The van der Waals surface area contributed by atoms with E-state index in [-0.39, 0.29) is 30.7 Å². The lowest BCUT2D eigenvalue weighted by atomic mass is 10.0. The van der Waals surface area contributed by atoms with Crippen molar-refractivity contribution in [1.82, 2.24) is 18.3 Å². The summed E-state index contributed by atoms with van der Waals surface area (Å²) in [5.41, 5.74) is 35.3. The van der Waals surface area contributed by atoms with E-state index in [0.717, 1.165) is 115 Å². The standard InChI is InChI=1S/C62H40N6.C25H17N3.C18H12IN.C12H8Br2.C7H6N2.3CH4.B/c1-64-46-26-34-52(35-27-46)66(54-37-39-62-58(41-54)56-17-9-11-19-60(56)68(62)48-14-6-3-7-15-48)51-32-24-45(25-33-51)44-22-30-50(31-23-44)65(49-28-20-43(42-63)21-29-49)53-36-38-61-57(40-53)55-16-8-10-18-59(55)67(61)47-12-4-2-5-13-47;1-26-18-11-13-19(14-12-18)27-20-15-16-25-23(17-20)22-9-5-6-10-24(22)28(25)21-7-3-2-4-8-21;19-13-10-11-18-16(12-13)15-8-4-5-9-17(15)20(18)14-6-2-1-3-7-14;13-11-5-1-9(2-6-11)10-3-7-12(14)8-4-10;8-5-6-1-3-7(9)4-2-6;;;;/h2-41H;2-17,27H;1-12H;1-8H;1-4H,9H2;3*1H4;. The molecule has 0 bridgehead atoms. The minimum absolute atomic E-state index is 0. The summed E-state index contributed by atoms with van der Waals surface area (Å²) in [5.74, 6) is 0. The summed E-state index contributed by atoms with van der Waals surface area (Å²) in [6.45, 7) is 14.7. The predicted octanol–water partition coefficient (Wildman–Crippen LogP) is 36.9. The second-order valence-corrected chi connectivity index (χ2v) is 36.2. The molecule has 0 saturated carbocycles. The second kappa shape index (κ2) is 45.0. The lowest BCUT2D eigenvalue weighted by molar-refractivity contribution is 1.18. The number of hydrogen-bond acceptors (Lipinski definition) is 6. The van der Waals surface area contributed by atoms with Crippen LogP contribution < -0.4 is 20.9 Å². The Morgan fingerprint density at radius 2 is 0.517 bits per heavy atom. The number of halogens is 3. The Morgan fingerprint density at radius 3 is 0.853 bits per heavy atom. The number of nitrogens with one attached hydrogen (secondary N) is 1. The van der Waals surface area contributed by atoms with Gasteiger partial charge in [0.2, 0.25) is 0 Å². The summed E-state index contributed by atoms with van der Waals surface area (Å²) in [6, 6.07) is 171. The molecule has 0 atom stereocenters. The number of nitriles is 2. The van der Waals surface area contributed by atoms with Gasteiger partial charge >= 0.3 is 0 Å². The van der Waals surface area contributed by atoms with E-state index in [9.17, 15) is 5.26 Å². The largest absolute Gasteiger partial charge is 0.399 e. The van der Waals surface area contributed by atoms with E-state index >= 15 is 0 Å². The molecule has 0 unspecified atom stereocenters. The van der Waals surface area contributed by atoms with Gasteiger partial charge in [0, 0.05) is 138 Å². The van der Waals surface area contributed by atoms with Crippen molar-refractivity contribution < 1.29 is 0 Å². The molecule has 24 rings (SSSR count). The number of para-hydroxylation sites is 8. The van der Waals surface area contributed by atoms with Gasteiger partial charge in [-0.3, -0.25) is 0 Å². The van der Waals surface area contributed by atoms with Crippen molar-refractivity contribution in [2.75, 3.05) is 20.9 Å². The highest BCUT2D eigenvalue weighted by atomic mass is 127. The van der Waals surface area contributed by atoms with Gasteiger partial charge in [0.25, 0.3) is 0 Å². The number of rotatable bonds is 14. The zero-order chi connectivity index (χ0) is 94.7. The Kier molecular flexibility index (Phi) is 31.0. The van der Waals surface area contributed by atoms with Gasteiger partial charge in [0.15, 0.2) is 11.4 Å². The van der Waals surface area contributed by atoms with Gasteiger partial charge < -0.3 is 39.1 Å². The highest BCUT2D eigenvalue weighted by Crippen LogP contribution is 2.45. The molecule has 20 aromatic carbocycles. The van der Waals surface area contributed by atoms with Crippen LogP contribution in [0.4, 0.5) is 62.6 Å². The molecule has 687 valence electrons. The molecular formula is C127H95BBr2IN12. The Bertz CT molecular complexity index is 8450. The summed E-state index contributed by atoms with van der Waals surface area (Å²) in [5, 5.41) is 31.2. The maximum absolute atomic E-state index is 9.67. The molecule has 0 aliphatic rings. The highest BCUT2D eigenvalue weighted by Gasteiger charge is 2.23. The van der Waals surface area contributed by atoms with Crippen LogP contribution in [0, 0.1) is 39.4 Å². The van der Waals surface area contributed by atoms with E-state index in [1.165, 1.54) is 74.8 Å². The third kappa shape index (κ3) is 21.0. The molecule has 0 aliphatic heterocycles. The molecule has 4 heterocycles. The average Bonchev–Trinajstić information content (AvgIpc) is 1.60. The van der Waals surface area contributed by atoms with E-state index < -0.39 is 0 Å². The Labute approximate surface area is 866 Å². The van der Waals surface area contributed by atoms with Gasteiger partial charge in [-0.15, -0.1) is 0 Å². The molecule has 4 aromatic heterocycles. The predicted molar refractivity (Wildman–Crippen MR) is 620 cm³/mol. The average molecular weight is 2090 g/mol. The van der Waals surface area contributed by atoms with Crippen molar-refractivity contribution in [2.45, 2.75) is 22.3 Å². The van der Waals surface area contributed by atoms with Crippen molar-refractivity contribution in [3.8, 4) is 57.1 Å². The molecule has 16 heteroatoms. The smallest absolute Gasteiger partial charge is 0.187 e. The molecule has 0 fully saturated rings. The lowest BCUT2D eigenvalue weighted by Crippen LogP contribution is -2.10. The molecule has 12 nitrogen and oxygen atoms in total. The minimum atomic E-state index is 0. The summed E-state index contributed by atoms with van der Waals surface area (Å²) in [4.78, 5) is 11.6. The van der Waals surface area contributed by atoms with E-state index in [4.69, 9.17) is 24.1 Å². The molecule has 0 saturated heterocycles. The Morgan fingerprint density at radius 1 is 0.266 bits per heavy atom.